The Morgan fingerprint density at radius 2 is 2.00 bits per heavy atom. The Hall–Kier alpha value is -1.53. The molecule has 0 saturated heterocycles. The molecule has 4 N–H and O–H groups in total. The number of amides is 1. The molecule has 0 aliphatic heterocycles. The average Bonchev–Trinajstić information content (AvgIpc) is 2.25. The lowest BCUT2D eigenvalue weighted by atomic mass is 10.1. The van der Waals surface area contributed by atoms with Crippen molar-refractivity contribution in [2.75, 3.05) is 6.54 Å². The SMILES string of the molecule is CC(NCC(O)C(N)=O)c1c(F)cccc1F. The lowest BCUT2D eigenvalue weighted by Crippen LogP contribution is -2.38. The van der Waals surface area contributed by atoms with E-state index in [0.29, 0.717) is 0 Å². The number of nitrogens with two attached hydrogens (primary N) is 1. The maximum absolute atomic E-state index is 13.3. The summed E-state index contributed by atoms with van der Waals surface area (Å²) in [5, 5.41) is 11.8. The minimum Gasteiger partial charge on any atom is -0.382 e. The molecular formula is C11H14F2N2O2. The zero-order valence-corrected chi connectivity index (χ0v) is 9.28. The number of nitrogens with one attached hydrogen (secondary N) is 1. The highest BCUT2D eigenvalue weighted by Crippen LogP contribution is 2.19. The topological polar surface area (TPSA) is 75.3 Å². The summed E-state index contributed by atoms with van der Waals surface area (Å²) in [5.74, 6) is -2.25. The molecule has 17 heavy (non-hydrogen) atoms. The number of rotatable bonds is 5. The van der Waals surface area contributed by atoms with Crippen LogP contribution in [0.2, 0.25) is 0 Å². The highest BCUT2D eigenvalue weighted by Gasteiger charge is 2.18. The van der Waals surface area contributed by atoms with Gasteiger partial charge in [-0.2, -0.15) is 0 Å². The standard InChI is InChI=1S/C11H14F2N2O2/c1-6(15-5-9(16)11(14)17)10-7(12)3-2-4-8(10)13/h2-4,6,9,15-16H,5H2,1H3,(H2,14,17). The third kappa shape index (κ3) is 3.47. The van der Waals surface area contributed by atoms with Gasteiger partial charge < -0.3 is 16.2 Å². The largest absolute Gasteiger partial charge is 0.382 e. The van der Waals surface area contributed by atoms with Crippen molar-refractivity contribution in [3.63, 3.8) is 0 Å². The number of aliphatic hydroxyl groups excluding tert-OH is 1. The summed E-state index contributed by atoms with van der Waals surface area (Å²) in [7, 11) is 0. The fourth-order valence-electron chi connectivity index (χ4n) is 1.42. The zero-order valence-electron chi connectivity index (χ0n) is 9.28. The summed E-state index contributed by atoms with van der Waals surface area (Å²) in [6.07, 6.45) is -1.38. The number of benzene rings is 1. The molecular weight excluding hydrogens is 230 g/mol. The second-order valence-corrected chi connectivity index (χ2v) is 3.68. The molecule has 0 aromatic heterocycles. The number of carbonyl (C=O) groups excluding carboxylic acids is 1. The van der Waals surface area contributed by atoms with E-state index >= 15 is 0 Å². The fraction of sp³-hybridized carbons (Fsp3) is 0.364. The molecule has 1 aromatic carbocycles. The van der Waals surface area contributed by atoms with Crippen molar-refractivity contribution in [2.45, 2.75) is 19.1 Å². The van der Waals surface area contributed by atoms with Gasteiger partial charge >= 0.3 is 0 Å². The molecule has 2 unspecified atom stereocenters. The first-order valence-corrected chi connectivity index (χ1v) is 5.08. The van der Waals surface area contributed by atoms with Gasteiger partial charge in [0.2, 0.25) is 5.91 Å². The van der Waals surface area contributed by atoms with E-state index in [0.717, 1.165) is 12.1 Å². The first kappa shape index (κ1) is 13.5. The third-order valence-corrected chi connectivity index (χ3v) is 2.38. The van der Waals surface area contributed by atoms with E-state index in [1.807, 2.05) is 0 Å². The van der Waals surface area contributed by atoms with Crippen LogP contribution in [0.15, 0.2) is 18.2 Å². The number of aliphatic hydroxyl groups is 1. The van der Waals surface area contributed by atoms with Gasteiger partial charge in [0.25, 0.3) is 0 Å². The Kier molecular flexibility index (Phi) is 4.53. The highest BCUT2D eigenvalue weighted by atomic mass is 19.1. The molecule has 0 spiro atoms. The Labute approximate surface area is 97.4 Å². The number of hydrogen-bond acceptors (Lipinski definition) is 3. The van der Waals surface area contributed by atoms with Crippen LogP contribution in [-0.4, -0.2) is 23.7 Å². The van der Waals surface area contributed by atoms with Crippen LogP contribution in [0, 0.1) is 11.6 Å². The summed E-state index contributed by atoms with van der Waals surface area (Å²) in [6, 6.07) is 2.87. The fourth-order valence-corrected chi connectivity index (χ4v) is 1.42. The van der Waals surface area contributed by atoms with E-state index in [9.17, 15) is 13.6 Å². The number of halogens is 2. The lowest BCUT2D eigenvalue weighted by Gasteiger charge is -2.17. The highest BCUT2D eigenvalue weighted by molar-refractivity contribution is 5.78. The quantitative estimate of drug-likeness (QED) is 0.704. The van der Waals surface area contributed by atoms with E-state index in [1.54, 1.807) is 0 Å². The Morgan fingerprint density at radius 1 is 1.47 bits per heavy atom. The van der Waals surface area contributed by atoms with Gasteiger partial charge in [-0.05, 0) is 19.1 Å². The Morgan fingerprint density at radius 3 is 2.47 bits per heavy atom. The molecule has 1 rings (SSSR count). The molecule has 0 fully saturated rings. The summed E-state index contributed by atoms with van der Waals surface area (Å²) < 4.78 is 26.7. The molecule has 4 nitrogen and oxygen atoms in total. The van der Waals surface area contributed by atoms with Gasteiger partial charge in [0.15, 0.2) is 0 Å². The van der Waals surface area contributed by atoms with Crippen LogP contribution < -0.4 is 11.1 Å². The first-order chi connectivity index (χ1) is 7.93. The minimum atomic E-state index is -1.38. The Balaban J connectivity index is 2.70. The van der Waals surface area contributed by atoms with Crippen LogP contribution in [0.1, 0.15) is 18.5 Å². The lowest BCUT2D eigenvalue weighted by molar-refractivity contribution is -0.125. The van der Waals surface area contributed by atoms with Crippen molar-refractivity contribution in [3.8, 4) is 0 Å². The molecule has 0 radical (unpaired) electrons. The second kappa shape index (κ2) is 5.70. The molecule has 94 valence electrons. The smallest absolute Gasteiger partial charge is 0.247 e. The van der Waals surface area contributed by atoms with Crippen molar-refractivity contribution in [1.82, 2.24) is 5.32 Å². The zero-order chi connectivity index (χ0) is 13.0. The number of primary amides is 1. The molecule has 0 aliphatic carbocycles. The van der Waals surface area contributed by atoms with Gasteiger partial charge in [-0.15, -0.1) is 0 Å². The van der Waals surface area contributed by atoms with E-state index in [4.69, 9.17) is 10.8 Å². The number of hydrogen-bond donors (Lipinski definition) is 3. The van der Waals surface area contributed by atoms with E-state index < -0.39 is 29.7 Å². The number of carbonyl (C=O) groups is 1. The maximum atomic E-state index is 13.3. The Bertz CT molecular complexity index is 392. The average molecular weight is 244 g/mol. The minimum absolute atomic E-state index is 0.135. The van der Waals surface area contributed by atoms with Crippen molar-refractivity contribution < 1.29 is 18.7 Å². The summed E-state index contributed by atoms with van der Waals surface area (Å²) in [6.45, 7) is 1.36. The van der Waals surface area contributed by atoms with Crippen LogP contribution >= 0.6 is 0 Å². The molecule has 6 heteroatoms. The van der Waals surface area contributed by atoms with E-state index in [1.165, 1.54) is 13.0 Å². The summed E-state index contributed by atoms with van der Waals surface area (Å²) in [5.41, 5.74) is 4.71. The van der Waals surface area contributed by atoms with Crippen molar-refractivity contribution >= 4 is 5.91 Å². The van der Waals surface area contributed by atoms with E-state index in [2.05, 4.69) is 5.32 Å². The molecule has 1 amide bonds. The molecule has 0 aliphatic rings. The van der Waals surface area contributed by atoms with Crippen LogP contribution in [0.4, 0.5) is 8.78 Å². The predicted octanol–water partition coefficient (Wildman–Crippen LogP) is 0.462. The van der Waals surface area contributed by atoms with Crippen LogP contribution in [-0.2, 0) is 4.79 Å². The molecule has 1 aromatic rings. The summed E-state index contributed by atoms with van der Waals surface area (Å²) in [4.78, 5) is 10.6. The van der Waals surface area contributed by atoms with Gasteiger partial charge in [0.05, 0.1) is 0 Å². The van der Waals surface area contributed by atoms with Gasteiger partial charge in [-0.1, -0.05) is 6.07 Å². The molecule has 0 bridgehead atoms. The third-order valence-electron chi connectivity index (χ3n) is 2.38. The van der Waals surface area contributed by atoms with Crippen LogP contribution in [0.5, 0.6) is 0 Å². The van der Waals surface area contributed by atoms with Crippen molar-refractivity contribution in [3.05, 3.63) is 35.4 Å². The van der Waals surface area contributed by atoms with Crippen molar-refractivity contribution in [2.24, 2.45) is 5.73 Å². The normalized spacial score (nSPS) is 14.4. The van der Waals surface area contributed by atoms with Crippen LogP contribution in [0.25, 0.3) is 0 Å². The summed E-state index contributed by atoms with van der Waals surface area (Å²) >= 11 is 0. The predicted molar refractivity (Wildman–Crippen MR) is 58.0 cm³/mol. The molecule has 2 atom stereocenters. The van der Waals surface area contributed by atoms with Gasteiger partial charge in [-0.25, -0.2) is 8.78 Å². The molecule has 0 saturated carbocycles. The maximum Gasteiger partial charge on any atom is 0.247 e. The van der Waals surface area contributed by atoms with Crippen molar-refractivity contribution in [1.29, 1.82) is 0 Å². The molecule has 0 heterocycles. The van der Waals surface area contributed by atoms with Gasteiger partial charge in [0.1, 0.15) is 17.7 Å². The monoisotopic (exact) mass is 244 g/mol. The van der Waals surface area contributed by atoms with Gasteiger partial charge in [0, 0.05) is 18.2 Å². The first-order valence-electron chi connectivity index (χ1n) is 5.08. The van der Waals surface area contributed by atoms with Gasteiger partial charge in [-0.3, -0.25) is 4.79 Å². The van der Waals surface area contributed by atoms with Crippen LogP contribution in [0.3, 0.4) is 0 Å². The van der Waals surface area contributed by atoms with E-state index in [-0.39, 0.29) is 12.1 Å². The second-order valence-electron chi connectivity index (χ2n) is 3.68.